The molecule has 0 fully saturated rings. The lowest BCUT2D eigenvalue weighted by atomic mass is 10.0. The number of aliphatic carboxylic acids is 1. The third-order valence-corrected chi connectivity index (χ3v) is 10.0. The van der Waals surface area contributed by atoms with Gasteiger partial charge in [-0.25, -0.2) is 4.79 Å². The third-order valence-electron chi connectivity index (χ3n) is 10.0. The van der Waals surface area contributed by atoms with Crippen LogP contribution in [0.2, 0.25) is 0 Å². The number of rotatable bonds is 40. The van der Waals surface area contributed by atoms with Crippen LogP contribution >= 0.6 is 0 Å². The molecule has 0 heterocycles. The lowest BCUT2D eigenvalue weighted by Gasteiger charge is -2.18. The average Bonchev–Trinajstić information content (AvgIpc) is 3.13. The summed E-state index contributed by atoms with van der Waals surface area (Å²) in [5, 5.41) is 11.9. The van der Waals surface area contributed by atoms with Crippen LogP contribution in [0.15, 0.2) is 24.3 Å². The van der Waals surface area contributed by atoms with Gasteiger partial charge in [-0.3, -0.25) is 9.59 Å². The topological polar surface area (TPSA) is 119 Å². The zero-order chi connectivity index (χ0) is 38.2. The van der Waals surface area contributed by atoms with Gasteiger partial charge in [0.25, 0.3) is 0 Å². The largest absolute Gasteiger partial charge is 0.480 e. The zero-order valence-electron chi connectivity index (χ0n) is 34.2. The molecule has 0 aliphatic carbocycles. The molecular formula is C45H84N2O5. The van der Waals surface area contributed by atoms with Crippen molar-refractivity contribution in [3.8, 4) is 0 Å². The molecule has 0 aromatic carbocycles. The molecule has 0 rings (SSSR count). The quantitative estimate of drug-likeness (QED) is 0.0328. The fourth-order valence-corrected chi connectivity index (χ4v) is 6.66. The number of ether oxygens (including phenoxy) is 1. The number of carbonyl (C=O) groups excluding carboxylic acids is 2. The minimum atomic E-state index is -1.00. The summed E-state index contributed by atoms with van der Waals surface area (Å²) in [6.07, 6.45) is 45.1. The number of allylic oxidation sites excluding steroid dienone is 4. The second-order valence-corrected chi connectivity index (χ2v) is 15.1. The Morgan fingerprint density at radius 3 is 1.52 bits per heavy atom. The van der Waals surface area contributed by atoms with E-state index in [0.717, 1.165) is 70.6 Å². The normalized spacial score (nSPS) is 12.8. The number of nitrogens with one attached hydrogen (secondary N) is 1. The highest BCUT2D eigenvalue weighted by Gasteiger charge is 2.19. The van der Waals surface area contributed by atoms with E-state index in [1.165, 1.54) is 116 Å². The van der Waals surface area contributed by atoms with Crippen molar-refractivity contribution in [2.75, 3.05) is 6.54 Å². The molecule has 0 radical (unpaired) electrons. The number of carboxylic acid groups (broad SMARTS) is 1. The highest BCUT2D eigenvalue weighted by Crippen LogP contribution is 2.19. The van der Waals surface area contributed by atoms with E-state index < -0.39 is 12.0 Å². The van der Waals surface area contributed by atoms with Gasteiger partial charge in [0, 0.05) is 12.8 Å². The van der Waals surface area contributed by atoms with E-state index in [-0.39, 0.29) is 18.0 Å². The van der Waals surface area contributed by atoms with Gasteiger partial charge in [-0.05, 0) is 90.0 Å². The van der Waals surface area contributed by atoms with Crippen molar-refractivity contribution in [1.29, 1.82) is 0 Å². The van der Waals surface area contributed by atoms with Crippen LogP contribution in [0.5, 0.6) is 0 Å². The molecule has 52 heavy (non-hydrogen) atoms. The number of amides is 1. The first kappa shape index (κ1) is 49.9. The van der Waals surface area contributed by atoms with E-state index in [4.69, 9.17) is 10.5 Å². The van der Waals surface area contributed by atoms with Crippen LogP contribution < -0.4 is 11.1 Å². The first-order valence-electron chi connectivity index (χ1n) is 22.2. The maximum absolute atomic E-state index is 12.7. The van der Waals surface area contributed by atoms with Gasteiger partial charge >= 0.3 is 11.9 Å². The lowest BCUT2D eigenvalue weighted by Crippen LogP contribution is -2.40. The maximum Gasteiger partial charge on any atom is 0.326 e. The smallest absolute Gasteiger partial charge is 0.326 e. The standard InChI is InChI=1S/C45H84N2O5/c1-3-5-7-9-11-12-13-14-15-16-17-18-19-20-21-22-24-29-33-39-44(49)52-41(35-30-26-23-10-8-6-4-2)36-31-27-25-28-32-38-43(48)47-42(45(50)51)37-34-40-46/h11-12,14-15,41-42H,3-10,13,16-40,46H2,1-2H3,(H,47,48)(H,50,51)/b12-11-,15-14-. The molecule has 1 amide bonds. The lowest BCUT2D eigenvalue weighted by molar-refractivity contribution is -0.150. The van der Waals surface area contributed by atoms with Gasteiger partial charge < -0.3 is 20.9 Å². The van der Waals surface area contributed by atoms with Crippen LogP contribution in [0.25, 0.3) is 0 Å². The van der Waals surface area contributed by atoms with Gasteiger partial charge in [-0.15, -0.1) is 0 Å². The summed E-state index contributed by atoms with van der Waals surface area (Å²) < 4.78 is 6.02. The summed E-state index contributed by atoms with van der Waals surface area (Å²) in [7, 11) is 0. The maximum atomic E-state index is 12.7. The fraction of sp³-hybridized carbons (Fsp3) is 0.844. The van der Waals surface area contributed by atoms with Crippen molar-refractivity contribution in [2.24, 2.45) is 5.73 Å². The summed E-state index contributed by atoms with van der Waals surface area (Å²) in [6.45, 7) is 4.91. The van der Waals surface area contributed by atoms with Crippen molar-refractivity contribution < 1.29 is 24.2 Å². The van der Waals surface area contributed by atoms with Gasteiger partial charge in [0.15, 0.2) is 0 Å². The fourth-order valence-electron chi connectivity index (χ4n) is 6.66. The molecule has 0 saturated carbocycles. The highest BCUT2D eigenvalue weighted by atomic mass is 16.5. The Morgan fingerprint density at radius 1 is 0.558 bits per heavy atom. The molecule has 0 aliphatic rings. The van der Waals surface area contributed by atoms with E-state index in [1.807, 2.05) is 0 Å². The van der Waals surface area contributed by atoms with Gasteiger partial charge in [-0.1, -0.05) is 154 Å². The average molecular weight is 733 g/mol. The van der Waals surface area contributed by atoms with Crippen LogP contribution in [0, 0.1) is 0 Å². The van der Waals surface area contributed by atoms with E-state index in [9.17, 15) is 19.5 Å². The number of nitrogens with two attached hydrogens (primary N) is 1. The molecule has 7 heteroatoms. The molecule has 0 bridgehead atoms. The Kier molecular flexibility index (Phi) is 38.4. The molecule has 0 aromatic rings. The van der Waals surface area contributed by atoms with E-state index in [1.54, 1.807) is 0 Å². The zero-order valence-corrected chi connectivity index (χ0v) is 34.2. The van der Waals surface area contributed by atoms with E-state index in [0.29, 0.717) is 32.2 Å². The number of hydrogen-bond donors (Lipinski definition) is 3. The van der Waals surface area contributed by atoms with Gasteiger partial charge in [0.2, 0.25) is 5.91 Å². The predicted octanol–water partition coefficient (Wildman–Crippen LogP) is 12.5. The summed E-state index contributed by atoms with van der Waals surface area (Å²) in [5.41, 5.74) is 5.48. The van der Waals surface area contributed by atoms with Crippen molar-refractivity contribution >= 4 is 17.8 Å². The van der Waals surface area contributed by atoms with Crippen molar-refractivity contribution in [3.63, 3.8) is 0 Å². The number of hydrogen-bond acceptors (Lipinski definition) is 5. The second kappa shape index (κ2) is 40.0. The molecule has 2 unspecified atom stereocenters. The summed E-state index contributed by atoms with van der Waals surface area (Å²) in [4.78, 5) is 36.3. The van der Waals surface area contributed by atoms with Crippen LogP contribution in [-0.2, 0) is 19.1 Å². The number of carbonyl (C=O) groups is 3. The molecule has 0 spiro atoms. The third kappa shape index (κ3) is 36.2. The molecule has 0 aromatic heterocycles. The van der Waals surface area contributed by atoms with Crippen molar-refractivity contribution in [2.45, 2.75) is 238 Å². The Balaban J connectivity index is 4.11. The minimum absolute atomic E-state index is 0.0167. The van der Waals surface area contributed by atoms with Gasteiger partial charge in [0.05, 0.1) is 0 Å². The molecule has 2 atom stereocenters. The van der Waals surface area contributed by atoms with Crippen LogP contribution in [-0.4, -0.2) is 41.6 Å². The molecule has 7 nitrogen and oxygen atoms in total. The first-order valence-corrected chi connectivity index (χ1v) is 22.2. The minimum Gasteiger partial charge on any atom is -0.480 e. The first-order chi connectivity index (χ1) is 25.4. The second-order valence-electron chi connectivity index (χ2n) is 15.1. The highest BCUT2D eigenvalue weighted by molar-refractivity contribution is 5.83. The molecule has 304 valence electrons. The summed E-state index contributed by atoms with van der Waals surface area (Å²) in [5.74, 6) is -1.23. The van der Waals surface area contributed by atoms with Gasteiger partial charge in [0.1, 0.15) is 12.1 Å². The van der Waals surface area contributed by atoms with Crippen molar-refractivity contribution in [3.05, 3.63) is 24.3 Å². The Bertz CT molecular complexity index is 874. The predicted molar refractivity (Wildman–Crippen MR) is 220 cm³/mol. The van der Waals surface area contributed by atoms with E-state index in [2.05, 4.69) is 43.5 Å². The summed E-state index contributed by atoms with van der Waals surface area (Å²) in [6, 6.07) is -0.854. The molecule has 0 aliphatic heterocycles. The van der Waals surface area contributed by atoms with Crippen LogP contribution in [0.1, 0.15) is 226 Å². The van der Waals surface area contributed by atoms with Gasteiger partial charge in [-0.2, -0.15) is 0 Å². The molecule has 4 N–H and O–H groups in total. The Labute approximate surface area is 321 Å². The Hall–Kier alpha value is -2.15. The van der Waals surface area contributed by atoms with E-state index >= 15 is 0 Å². The van der Waals surface area contributed by atoms with Crippen molar-refractivity contribution in [1.82, 2.24) is 5.32 Å². The molecule has 0 saturated heterocycles. The van der Waals surface area contributed by atoms with Crippen LogP contribution in [0.4, 0.5) is 0 Å². The molecular weight excluding hydrogens is 649 g/mol. The SMILES string of the molecule is CCCCC/C=C\C/C=C\CCCCCCCCCCCC(=O)OC(CCCCCCCCC)CCCCCCCC(=O)NC(CCCN)C(=O)O. The number of unbranched alkanes of at least 4 members (excludes halogenated alkanes) is 22. The van der Waals surface area contributed by atoms with Crippen LogP contribution in [0.3, 0.4) is 0 Å². The monoisotopic (exact) mass is 733 g/mol. The number of carboxylic acids is 1. The summed E-state index contributed by atoms with van der Waals surface area (Å²) >= 11 is 0. The number of esters is 1. The Morgan fingerprint density at radius 2 is 1.00 bits per heavy atom.